The molecule has 3 rings (SSSR count). The maximum Gasteiger partial charge on any atom is 0.282 e. The molecule has 0 amide bonds. The number of morpholine rings is 1. The van der Waals surface area contributed by atoms with Gasteiger partial charge < -0.3 is 15.4 Å². The Balaban J connectivity index is 1.89. The van der Waals surface area contributed by atoms with E-state index < -0.39 is 10.2 Å². The van der Waals surface area contributed by atoms with Crippen molar-refractivity contribution in [2.24, 2.45) is 0 Å². The van der Waals surface area contributed by atoms with Crippen LogP contribution in [0.5, 0.6) is 0 Å². The van der Waals surface area contributed by atoms with Gasteiger partial charge >= 0.3 is 0 Å². The number of nitrogens with one attached hydrogen (secondary N) is 2. The third kappa shape index (κ3) is 3.93. The number of aromatic nitrogens is 2. The first kappa shape index (κ1) is 18.5. The van der Waals surface area contributed by atoms with Crippen molar-refractivity contribution < 1.29 is 13.2 Å². The molecule has 2 fully saturated rings. The van der Waals surface area contributed by atoms with Crippen molar-refractivity contribution in [3.63, 3.8) is 0 Å². The Morgan fingerprint density at radius 3 is 2.68 bits per heavy atom. The predicted molar refractivity (Wildman–Crippen MR) is 94.3 cm³/mol. The average molecular weight is 370 g/mol. The molecule has 9 nitrogen and oxygen atoms in total. The molecule has 2 N–H and O–H groups in total. The van der Waals surface area contributed by atoms with E-state index in [0.717, 1.165) is 18.5 Å². The number of ether oxygens (including phenoxy) is 1. The highest BCUT2D eigenvalue weighted by molar-refractivity contribution is 7.86. The maximum absolute atomic E-state index is 13.0. The van der Waals surface area contributed by atoms with Crippen LogP contribution < -0.4 is 10.6 Å². The molecule has 0 aromatic carbocycles. The first-order chi connectivity index (χ1) is 12.1. The van der Waals surface area contributed by atoms with Gasteiger partial charge in [-0.3, -0.25) is 0 Å². The summed E-state index contributed by atoms with van der Waals surface area (Å²) in [6.45, 7) is 2.78. The highest BCUT2D eigenvalue weighted by atomic mass is 32.2. The first-order valence-corrected chi connectivity index (χ1v) is 10.0. The van der Waals surface area contributed by atoms with Crippen LogP contribution in [0.1, 0.15) is 30.4 Å². The van der Waals surface area contributed by atoms with Gasteiger partial charge in [-0.2, -0.15) is 17.0 Å². The van der Waals surface area contributed by atoms with Crippen LogP contribution in [0, 0.1) is 0 Å². The molecule has 1 unspecified atom stereocenters. The Labute approximate surface area is 149 Å². The molecule has 140 valence electrons. The molecular weight excluding hydrogens is 344 g/mol. The van der Waals surface area contributed by atoms with Crippen LogP contribution in [0.25, 0.3) is 0 Å². The lowest BCUT2D eigenvalue weighted by Gasteiger charge is -2.32. The zero-order chi connectivity index (χ0) is 17.9. The molecule has 2 aliphatic heterocycles. The maximum atomic E-state index is 13.0. The second-order valence-electron chi connectivity index (χ2n) is 6.17. The summed E-state index contributed by atoms with van der Waals surface area (Å²) < 4.78 is 34.4. The third-order valence-corrected chi connectivity index (χ3v) is 6.55. The predicted octanol–water partition coefficient (Wildman–Crippen LogP) is -0.0484. The van der Waals surface area contributed by atoms with Crippen molar-refractivity contribution in [3.8, 4) is 0 Å². The smallest absolute Gasteiger partial charge is 0.282 e. The van der Waals surface area contributed by atoms with Gasteiger partial charge in [0.2, 0.25) is 0 Å². The van der Waals surface area contributed by atoms with Gasteiger partial charge in [-0.05, 0) is 19.9 Å². The summed E-state index contributed by atoms with van der Waals surface area (Å²) in [5.74, 6) is 1.26. The molecule has 1 aromatic rings. The molecule has 2 aliphatic rings. The molecule has 1 atom stereocenters. The molecule has 2 saturated heterocycles. The van der Waals surface area contributed by atoms with Crippen molar-refractivity contribution in [3.05, 3.63) is 17.6 Å². The van der Waals surface area contributed by atoms with E-state index in [1.54, 1.807) is 11.4 Å². The fraction of sp³-hybridized carbons (Fsp3) is 0.733. The quantitative estimate of drug-likeness (QED) is 0.724. The van der Waals surface area contributed by atoms with Crippen molar-refractivity contribution in [1.29, 1.82) is 0 Å². The fourth-order valence-electron chi connectivity index (χ4n) is 3.27. The Morgan fingerprint density at radius 2 is 2.00 bits per heavy atom. The van der Waals surface area contributed by atoms with Gasteiger partial charge in [-0.25, -0.2) is 9.97 Å². The lowest BCUT2D eigenvalue weighted by molar-refractivity contribution is 0.0698. The Bertz CT molecular complexity index is 693. The van der Waals surface area contributed by atoms with Crippen molar-refractivity contribution in [1.82, 2.24) is 23.9 Å². The zero-order valence-corrected chi connectivity index (χ0v) is 15.5. The number of nitrogens with zero attached hydrogens (tertiary/aromatic N) is 4. The molecular formula is C15H26N6O3S. The molecule has 0 saturated carbocycles. The van der Waals surface area contributed by atoms with Crippen LogP contribution in [0.2, 0.25) is 0 Å². The van der Waals surface area contributed by atoms with Crippen LogP contribution in [-0.4, -0.2) is 73.9 Å². The fourth-order valence-corrected chi connectivity index (χ4v) is 5.05. The SMILES string of the molecule is CNCc1cc(NC)nc(C2CCCN2S(=O)(=O)N2CCOCC2)n1. The third-order valence-electron chi connectivity index (χ3n) is 4.50. The van der Waals surface area contributed by atoms with E-state index in [2.05, 4.69) is 20.6 Å². The molecule has 0 bridgehead atoms. The van der Waals surface area contributed by atoms with E-state index in [-0.39, 0.29) is 6.04 Å². The Kier molecular flexibility index (Phi) is 5.85. The van der Waals surface area contributed by atoms with E-state index in [1.165, 1.54) is 4.31 Å². The topological polar surface area (TPSA) is 99.7 Å². The second-order valence-corrected chi connectivity index (χ2v) is 8.05. The van der Waals surface area contributed by atoms with Crippen molar-refractivity contribution in [2.75, 3.05) is 52.3 Å². The summed E-state index contributed by atoms with van der Waals surface area (Å²) in [7, 11) is 0.117. The molecule has 0 spiro atoms. The normalized spacial score (nSPS) is 23.0. The molecule has 3 heterocycles. The minimum atomic E-state index is -3.53. The number of anilines is 1. The van der Waals surface area contributed by atoms with E-state index in [1.807, 2.05) is 13.1 Å². The monoisotopic (exact) mass is 370 g/mol. The van der Waals surface area contributed by atoms with Crippen LogP contribution in [0.3, 0.4) is 0 Å². The lowest BCUT2D eigenvalue weighted by atomic mass is 10.2. The summed E-state index contributed by atoms with van der Waals surface area (Å²) in [4.78, 5) is 9.12. The summed E-state index contributed by atoms with van der Waals surface area (Å²) in [5.41, 5.74) is 0.840. The Hall–Kier alpha value is -1.33. The molecule has 1 aromatic heterocycles. The lowest BCUT2D eigenvalue weighted by Crippen LogP contribution is -2.48. The first-order valence-electron chi connectivity index (χ1n) is 8.61. The molecule has 10 heteroatoms. The van der Waals surface area contributed by atoms with Gasteiger partial charge in [0.15, 0.2) is 0 Å². The summed E-state index contributed by atoms with van der Waals surface area (Å²) >= 11 is 0. The van der Waals surface area contributed by atoms with Gasteiger partial charge in [0, 0.05) is 39.3 Å². The molecule has 0 radical (unpaired) electrons. The standard InChI is InChI=1S/C15H26N6O3S/c1-16-11-12-10-14(17-2)19-15(18-12)13-4-3-5-21(13)25(22,23)20-6-8-24-9-7-20/h10,13,16H,3-9,11H2,1-2H3,(H,17,18,19). The van der Waals surface area contributed by atoms with Gasteiger partial charge in [0.05, 0.1) is 24.9 Å². The molecule has 25 heavy (non-hydrogen) atoms. The summed E-state index contributed by atoms with van der Waals surface area (Å²) in [6.07, 6.45) is 1.54. The summed E-state index contributed by atoms with van der Waals surface area (Å²) in [5, 5.41) is 6.11. The minimum Gasteiger partial charge on any atom is -0.379 e. The van der Waals surface area contributed by atoms with E-state index in [9.17, 15) is 8.42 Å². The van der Waals surface area contributed by atoms with Gasteiger partial charge in [-0.1, -0.05) is 0 Å². The number of hydrogen-bond acceptors (Lipinski definition) is 7. The minimum absolute atomic E-state index is 0.322. The zero-order valence-electron chi connectivity index (χ0n) is 14.7. The van der Waals surface area contributed by atoms with Crippen LogP contribution in [0.15, 0.2) is 6.07 Å². The van der Waals surface area contributed by atoms with Crippen molar-refractivity contribution in [2.45, 2.75) is 25.4 Å². The molecule has 0 aliphatic carbocycles. The van der Waals surface area contributed by atoms with Crippen LogP contribution in [0.4, 0.5) is 5.82 Å². The summed E-state index contributed by atoms with van der Waals surface area (Å²) in [6, 6.07) is 1.55. The highest BCUT2D eigenvalue weighted by Gasteiger charge is 2.40. The Morgan fingerprint density at radius 1 is 1.24 bits per heavy atom. The van der Waals surface area contributed by atoms with Crippen LogP contribution in [-0.2, 0) is 21.5 Å². The highest BCUT2D eigenvalue weighted by Crippen LogP contribution is 2.34. The number of hydrogen-bond donors (Lipinski definition) is 2. The van der Waals surface area contributed by atoms with E-state index in [0.29, 0.717) is 51.0 Å². The number of rotatable bonds is 6. The van der Waals surface area contributed by atoms with Gasteiger partial charge in [0.25, 0.3) is 10.2 Å². The van der Waals surface area contributed by atoms with Gasteiger partial charge in [-0.15, -0.1) is 0 Å². The van der Waals surface area contributed by atoms with E-state index >= 15 is 0 Å². The largest absolute Gasteiger partial charge is 0.379 e. The van der Waals surface area contributed by atoms with Gasteiger partial charge in [0.1, 0.15) is 11.6 Å². The van der Waals surface area contributed by atoms with E-state index in [4.69, 9.17) is 4.74 Å². The van der Waals surface area contributed by atoms with Crippen molar-refractivity contribution >= 4 is 16.0 Å². The second kappa shape index (κ2) is 7.92. The van der Waals surface area contributed by atoms with Crippen LogP contribution >= 0.6 is 0 Å². The average Bonchev–Trinajstić information content (AvgIpc) is 3.13.